The fourth-order valence-electron chi connectivity index (χ4n) is 4.62. The summed E-state index contributed by atoms with van der Waals surface area (Å²) in [5.74, 6) is 0.122. The van der Waals surface area contributed by atoms with E-state index >= 15 is 0 Å². The van der Waals surface area contributed by atoms with E-state index in [1.807, 2.05) is 60.9 Å². The highest BCUT2D eigenvalue weighted by Crippen LogP contribution is 2.32. The maximum Gasteiger partial charge on any atom is 0.338 e. The molecule has 216 valence electrons. The normalized spacial score (nSPS) is 15.0. The highest BCUT2D eigenvalue weighted by atomic mass is 35.5. The van der Waals surface area contributed by atoms with Crippen LogP contribution < -0.4 is 19.6 Å². The van der Waals surface area contributed by atoms with Crippen LogP contribution in [0, 0.1) is 0 Å². The number of esters is 1. The quantitative estimate of drug-likeness (QED) is 0.157. The summed E-state index contributed by atoms with van der Waals surface area (Å²) in [6.07, 6.45) is 3.48. The van der Waals surface area contributed by atoms with Crippen molar-refractivity contribution in [3.63, 3.8) is 0 Å². The summed E-state index contributed by atoms with van der Waals surface area (Å²) >= 11 is 15.1. The van der Waals surface area contributed by atoms with Crippen molar-refractivity contribution in [2.24, 2.45) is 4.99 Å². The van der Waals surface area contributed by atoms with Crippen LogP contribution in [-0.2, 0) is 16.1 Å². The summed E-state index contributed by atoms with van der Waals surface area (Å²) < 4.78 is 13.8. The van der Waals surface area contributed by atoms with Crippen LogP contribution in [-0.4, -0.2) is 22.9 Å². The number of thioether (sulfide) groups is 1. The van der Waals surface area contributed by atoms with Gasteiger partial charge in [0.2, 0.25) is 0 Å². The Morgan fingerprint density at radius 1 is 1.10 bits per heavy atom. The zero-order valence-corrected chi connectivity index (χ0v) is 26.5. The third kappa shape index (κ3) is 6.37. The number of ether oxygens (including phenoxy) is 2. The summed E-state index contributed by atoms with van der Waals surface area (Å²) in [6, 6.07) is 20.0. The van der Waals surface area contributed by atoms with Gasteiger partial charge < -0.3 is 9.47 Å². The van der Waals surface area contributed by atoms with Crippen molar-refractivity contribution >= 4 is 58.3 Å². The van der Waals surface area contributed by atoms with E-state index < -0.39 is 12.0 Å². The number of fused-ring (bicyclic) bond motifs is 1. The molecule has 6 nitrogen and oxygen atoms in total. The predicted octanol–water partition coefficient (Wildman–Crippen LogP) is 6.79. The second kappa shape index (κ2) is 12.9. The largest absolute Gasteiger partial charge is 0.488 e. The topological polar surface area (TPSA) is 69.9 Å². The SMILES string of the molecule is CSc1ccc([C@@H]2C(C(=O)OC(C)C)=C(C)N=c3s/c(=C\c4ccccc4OCc4ccc(Cl)c(Cl)c4)c(=O)n32)cc1. The Morgan fingerprint density at radius 3 is 2.52 bits per heavy atom. The first-order chi connectivity index (χ1) is 20.2. The van der Waals surface area contributed by atoms with Gasteiger partial charge >= 0.3 is 5.97 Å². The van der Waals surface area contributed by atoms with Gasteiger partial charge in [-0.2, -0.15) is 0 Å². The van der Waals surface area contributed by atoms with Gasteiger partial charge in [-0.3, -0.25) is 9.36 Å². The number of nitrogens with zero attached hydrogens (tertiary/aromatic N) is 2. The molecule has 0 fully saturated rings. The smallest absolute Gasteiger partial charge is 0.338 e. The Hall–Kier alpha value is -3.30. The molecule has 0 radical (unpaired) electrons. The highest BCUT2D eigenvalue weighted by Gasteiger charge is 2.33. The van der Waals surface area contributed by atoms with Gasteiger partial charge in [-0.25, -0.2) is 9.79 Å². The van der Waals surface area contributed by atoms with Crippen LogP contribution in [0.15, 0.2) is 92.7 Å². The second-order valence-electron chi connectivity index (χ2n) is 9.88. The maximum absolute atomic E-state index is 14.0. The van der Waals surface area contributed by atoms with Crippen LogP contribution in [0.4, 0.5) is 0 Å². The van der Waals surface area contributed by atoms with E-state index in [2.05, 4.69) is 4.99 Å². The van der Waals surface area contributed by atoms with E-state index in [1.54, 1.807) is 55.3 Å². The third-order valence-electron chi connectivity index (χ3n) is 6.60. The monoisotopic (exact) mass is 638 g/mol. The number of benzene rings is 3. The number of hydrogen-bond acceptors (Lipinski definition) is 7. The molecular formula is C32H28Cl2N2O4S2. The molecule has 10 heteroatoms. The van der Waals surface area contributed by atoms with Crippen molar-refractivity contribution in [1.82, 2.24) is 4.57 Å². The van der Waals surface area contributed by atoms with Gasteiger partial charge in [-0.1, -0.05) is 70.9 Å². The number of carbonyl (C=O) groups is 1. The van der Waals surface area contributed by atoms with E-state index in [0.29, 0.717) is 36.4 Å². The number of allylic oxidation sites excluding steroid dienone is 1. The van der Waals surface area contributed by atoms with Crippen LogP contribution >= 0.6 is 46.3 Å². The predicted molar refractivity (Wildman–Crippen MR) is 170 cm³/mol. The van der Waals surface area contributed by atoms with Gasteiger partial charge in [0.1, 0.15) is 12.4 Å². The number of thiazole rings is 1. The number of carbonyl (C=O) groups excluding carboxylic acids is 1. The first-order valence-electron chi connectivity index (χ1n) is 13.2. The van der Waals surface area contributed by atoms with Gasteiger partial charge in [-0.05, 0) is 74.6 Å². The van der Waals surface area contributed by atoms with Crippen LogP contribution in [0.25, 0.3) is 6.08 Å². The lowest BCUT2D eigenvalue weighted by atomic mass is 9.96. The lowest BCUT2D eigenvalue weighted by molar-refractivity contribution is -0.143. The number of hydrogen-bond donors (Lipinski definition) is 0. The summed E-state index contributed by atoms with van der Waals surface area (Å²) in [6.45, 7) is 5.65. The zero-order valence-electron chi connectivity index (χ0n) is 23.4. The Morgan fingerprint density at radius 2 is 1.83 bits per heavy atom. The first-order valence-corrected chi connectivity index (χ1v) is 16.0. The molecule has 2 heterocycles. The van der Waals surface area contributed by atoms with Crippen LogP contribution in [0.3, 0.4) is 0 Å². The minimum Gasteiger partial charge on any atom is -0.488 e. The second-order valence-corrected chi connectivity index (χ2v) is 12.6. The van der Waals surface area contributed by atoms with Crippen molar-refractivity contribution in [1.29, 1.82) is 0 Å². The van der Waals surface area contributed by atoms with E-state index in [9.17, 15) is 9.59 Å². The molecule has 1 atom stereocenters. The molecule has 3 aromatic carbocycles. The lowest BCUT2D eigenvalue weighted by Gasteiger charge is -2.25. The molecule has 4 aromatic rings. The molecule has 1 aromatic heterocycles. The van der Waals surface area contributed by atoms with E-state index in [1.165, 1.54) is 11.3 Å². The Kier molecular flexibility index (Phi) is 9.28. The summed E-state index contributed by atoms with van der Waals surface area (Å²) in [5, 5.41) is 0.933. The van der Waals surface area contributed by atoms with E-state index in [-0.39, 0.29) is 18.3 Å². The minimum atomic E-state index is -0.674. The molecule has 0 unspecified atom stereocenters. The first kappa shape index (κ1) is 30.2. The van der Waals surface area contributed by atoms with Gasteiger partial charge in [-0.15, -0.1) is 11.8 Å². The van der Waals surface area contributed by atoms with Crippen LogP contribution in [0.1, 0.15) is 43.5 Å². The summed E-state index contributed by atoms with van der Waals surface area (Å²) in [7, 11) is 0. The molecule has 5 rings (SSSR count). The Balaban J connectivity index is 1.58. The van der Waals surface area contributed by atoms with Crippen LogP contribution in [0.2, 0.25) is 10.0 Å². The molecule has 0 N–H and O–H groups in total. The highest BCUT2D eigenvalue weighted by molar-refractivity contribution is 7.98. The fourth-order valence-corrected chi connectivity index (χ4v) is 6.39. The summed E-state index contributed by atoms with van der Waals surface area (Å²) in [4.78, 5) is 33.6. The van der Waals surface area contributed by atoms with Crippen molar-refractivity contribution < 1.29 is 14.3 Å². The molecule has 0 amide bonds. The zero-order chi connectivity index (χ0) is 30.0. The number of aromatic nitrogens is 1. The molecule has 0 saturated heterocycles. The summed E-state index contributed by atoms with van der Waals surface area (Å²) in [5.41, 5.74) is 3.03. The molecule has 0 bridgehead atoms. The molecule has 0 saturated carbocycles. The molecule has 42 heavy (non-hydrogen) atoms. The maximum atomic E-state index is 14.0. The fraction of sp³-hybridized carbons (Fsp3) is 0.219. The molecule has 1 aliphatic heterocycles. The van der Waals surface area contributed by atoms with E-state index in [4.69, 9.17) is 32.7 Å². The number of para-hydroxylation sites is 1. The van der Waals surface area contributed by atoms with Crippen molar-refractivity contribution in [2.75, 3.05) is 6.26 Å². The van der Waals surface area contributed by atoms with Crippen molar-refractivity contribution in [3.8, 4) is 5.75 Å². The average molecular weight is 640 g/mol. The van der Waals surface area contributed by atoms with Crippen LogP contribution in [0.5, 0.6) is 5.75 Å². The Bertz CT molecular complexity index is 1860. The molecular weight excluding hydrogens is 611 g/mol. The Labute approximate surface area is 261 Å². The van der Waals surface area contributed by atoms with Gasteiger partial charge in [0.15, 0.2) is 4.80 Å². The van der Waals surface area contributed by atoms with E-state index in [0.717, 1.165) is 21.6 Å². The molecule has 1 aliphatic rings. The number of halogens is 2. The lowest BCUT2D eigenvalue weighted by Crippen LogP contribution is -2.40. The standard InChI is InChI=1S/C32H28Cl2N2O4S2/c1-18(2)40-31(38)28-19(3)35-32-36(29(28)21-10-12-23(41-4)13-11-21)30(37)27(42-32)16-22-7-5-6-8-26(22)39-17-20-9-14-24(33)25(34)15-20/h5-16,18,29H,17H2,1-4H3/b27-16-/t29-/m1/s1. The minimum absolute atomic E-state index is 0.251. The van der Waals surface area contributed by atoms with Crippen molar-refractivity contribution in [3.05, 3.63) is 124 Å². The molecule has 0 spiro atoms. The molecule has 0 aliphatic carbocycles. The third-order valence-corrected chi connectivity index (χ3v) is 9.07. The van der Waals surface area contributed by atoms with Gasteiger partial charge in [0, 0.05) is 10.5 Å². The van der Waals surface area contributed by atoms with Gasteiger partial charge in [0.25, 0.3) is 5.56 Å². The van der Waals surface area contributed by atoms with Gasteiger partial charge in [0.05, 0.1) is 38.0 Å². The van der Waals surface area contributed by atoms with Crippen molar-refractivity contribution in [2.45, 2.75) is 44.4 Å². The number of rotatable bonds is 8. The average Bonchev–Trinajstić information content (AvgIpc) is 3.27.